The van der Waals surface area contributed by atoms with Gasteiger partial charge in [0.2, 0.25) is 5.91 Å². The minimum absolute atomic E-state index is 0.0126. The van der Waals surface area contributed by atoms with Gasteiger partial charge in [0.15, 0.2) is 0 Å². The SMILES string of the molecule is CC(C(=O)NC1CCCC1)N1CCC(CN(C)Cc2ccccc2)CC1. The van der Waals surface area contributed by atoms with Crippen LogP contribution in [-0.2, 0) is 11.3 Å². The molecule has 26 heavy (non-hydrogen) atoms. The van der Waals surface area contributed by atoms with Gasteiger partial charge in [0.25, 0.3) is 0 Å². The number of hydrogen-bond donors (Lipinski definition) is 1. The summed E-state index contributed by atoms with van der Waals surface area (Å²) in [5.74, 6) is 0.974. The molecule has 1 unspecified atom stereocenters. The van der Waals surface area contributed by atoms with E-state index in [1.54, 1.807) is 0 Å². The summed E-state index contributed by atoms with van der Waals surface area (Å²) in [4.78, 5) is 17.3. The highest BCUT2D eigenvalue weighted by Crippen LogP contribution is 2.22. The Kier molecular flexibility index (Phi) is 7.09. The van der Waals surface area contributed by atoms with Crippen LogP contribution in [0.15, 0.2) is 30.3 Å². The number of amides is 1. The first-order chi connectivity index (χ1) is 12.6. The van der Waals surface area contributed by atoms with Gasteiger partial charge in [0.05, 0.1) is 6.04 Å². The van der Waals surface area contributed by atoms with Gasteiger partial charge in [-0.2, -0.15) is 0 Å². The highest BCUT2D eigenvalue weighted by atomic mass is 16.2. The summed E-state index contributed by atoms with van der Waals surface area (Å²) in [6.07, 6.45) is 7.24. The van der Waals surface area contributed by atoms with E-state index in [1.807, 2.05) is 0 Å². The van der Waals surface area contributed by atoms with Crippen LogP contribution in [0.1, 0.15) is 51.0 Å². The molecule has 1 atom stereocenters. The molecule has 0 aromatic heterocycles. The molecule has 4 heteroatoms. The molecule has 3 rings (SSSR count). The maximum Gasteiger partial charge on any atom is 0.237 e. The van der Waals surface area contributed by atoms with E-state index in [0.717, 1.165) is 44.9 Å². The van der Waals surface area contributed by atoms with Crippen molar-refractivity contribution in [2.45, 2.75) is 64.1 Å². The molecular formula is C22H35N3O. The summed E-state index contributed by atoms with van der Waals surface area (Å²) in [6.45, 7) is 6.32. The molecule has 4 nitrogen and oxygen atoms in total. The van der Waals surface area contributed by atoms with Gasteiger partial charge in [-0.15, -0.1) is 0 Å². The molecular weight excluding hydrogens is 322 g/mol. The van der Waals surface area contributed by atoms with Crippen molar-refractivity contribution in [3.05, 3.63) is 35.9 Å². The van der Waals surface area contributed by atoms with Gasteiger partial charge in [0.1, 0.15) is 0 Å². The third-order valence-electron chi connectivity index (χ3n) is 6.14. The Morgan fingerprint density at radius 3 is 2.46 bits per heavy atom. The minimum Gasteiger partial charge on any atom is -0.352 e. The second-order valence-electron chi connectivity index (χ2n) is 8.33. The summed E-state index contributed by atoms with van der Waals surface area (Å²) in [5.41, 5.74) is 1.38. The summed E-state index contributed by atoms with van der Waals surface area (Å²) in [7, 11) is 2.22. The zero-order chi connectivity index (χ0) is 18.4. The summed E-state index contributed by atoms with van der Waals surface area (Å²) >= 11 is 0. The molecule has 1 saturated carbocycles. The summed E-state index contributed by atoms with van der Waals surface area (Å²) < 4.78 is 0. The Morgan fingerprint density at radius 1 is 1.15 bits per heavy atom. The van der Waals surface area contributed by atoms with Crippen LogP contribution in [0.4, 0.5) is 0 Å². The van der Waals surface area contributed by atoms with Gasteiger partial charge >= 0.3 is 0 Å². The van der Waals surface area contributed by atoms with Crippen molar-refractivity contribution in [2.24, 2.45) is 5.92 Å². The normalized spacial score (nSPS) is 21.2. The second kappa shape index (κ2) is 9.52. The molecule has 1 aliphatic heterocycles. The zero-order valence-corrected chi connectivity index (χ0v) is 16.5. The monoisotopic (exact) mass is 357 g/mol. The topological polar surface area (TPSA) is 35.6 Å². The molecule has 0 spiro atoms. The van der Waals surface area contributed by atoms with Gasteiger partial charge in [0, 0.05) is 19.1 Å². The van der Waals surface area contributed by atoms with Crippen LogP contribution in [0.25, 0.3) is 0 Å². The van der Waals surface area contributed by atoms with Gasteiger partial charge in [-0.25, -0.2) is 0 Å². The molecule has 1 heterocycles. The first-order valence-corrected chi connectivity index (χ1v) is 10.4. The lowest BCUT2D eigenvalue weighted by atomic mass is 9.95. The fourth-order valence-corrected chi connectivity index (χ4v) is 4.48. The molecule has 1 aliphatic carbocycles. The highest BCUT2D eigenvalue weighted by molar-refractivity contribution is 5.81. The van der Waals surface area contributed by atoms with Gasteiger partial charge in [-0.05, 0) is 64.2 Å². The molecule has 1 aromatic rings. The fraction of sp³-hybridized carbons (Fsp3) is 0.682. The van der Waals surface area contributed by atoms with Crippen molar-refractivity contribution in [3.8, 4) is 0 Å². The average Bonchev–Trinajstić information content (AvgIpc) is 3.15. The van der Waals surface area contributed by atoms with Gasteiger partial charge in [-0.3, -0.25) is 9.69 Å². The molecule has 144 valence electrons. The number of hydrogen-bond acceptors (Lipinski definition) is 3. The summed E-state index contributed by atoms with van der Waals surface area (Å²) in [5, 5.41) is 3.26. The Hall–Kier alpha value is -1.39. The van der Waals surface area contributed by atoms with Crippen LogP contribution in [-0.4, -0.2) is 54.5 Å². The second-order valence-corrected chi connectivity index (χ2v) is 8.33. The van der Waals surface area contributed by atoms with Crippen LogP contribution >= 0.6 is 0 Å². The number of nitrogens with zero attached hydrogens (tertiary/aromatic N) is 2. The first kappa shape index (κ1) is 19.4. The number of nitrogens with one attached hydrogen (secondary N) is 1. The van der Waals surface area contributed by atoms with Crippen molar-refractivity contribution in [3.63, 3.8) is 0 Å². The molecule has 1 aromatic carbocycles. The van der Waals surface area contributed by atoms with E-state index in [2.05, 4.69) is 59.4 Å². The largest absolute Gasteiger partial charge is 0.352 e. The zero-order valence-electron chi connectivity index (χ0n) is 16.5. The quantitative estimate of drug-likeness (QED) is 0.813. The number of rotatable bonds is 7. The molecule has 2 aliphatic rings. The Balaban J connectivity index is 1.38. The average molecular weight is 358 g/mol. The molecule has 1 saturated heterocycles. The van der Waals surface area contributed by atoms with E-state index >= 15 is 0 Å². The summed E-state index contributed by atoms with van der Waals surface area (Å²) in [6, 6.07) is 11.1. The lowest BCUT2D eigenvalue weighted by Crippen LogP contribution is -2.50. The molecule has 1 amide bonds. The maximum absolute atomic E-state index is 12.5. The van der Waals surface area contributed by atoms with Gasteiger partial charge < -0.3 is 10.2 Å². The molecule has 0 radical (unpaired) electrons. The Bertz CT molecular complexity index is 548. The van der Waals surface area contributed by atoms with Crippen molar-refractivity contribution in [2.75, 3.05) is 26.7 Å². The third-order valence-corrected chi connectivity index (χ3v) is 6.14. The van der Waals surface area contributed by atoms with Crippen molar-refractivity contribution >= 4 is 5.91 Å². The Morgan fingerprint density at radius 2 is 1.81 bits per heavy atom. The maximum atomic E-state index is 12.5. The van der Waals surface area contributed by atoms with E-state index in [4.69, 9.17) is 0 Å². The number of likely N-dealkylation sites (tertiary alicyclic amines) is 1. The van der Waals surface area contributed by atoms with Crippen LogP contribution in [0, 0.1) is 5.92 Å². The van der Waals surface area contributed by atoms with E-state index < -0.39 is 0 Å². The number of benzene rings is 1. The predicted molar refractivity (Wildman–Crippen MR) is 107 cm³/mol. The fourth-order valence-electron chi connectivity index (χ4n) is 4.48. The van der Waals surface area contributed by atoms with Gasteiger partial charge in [-0.1, -0.05) is 43.2 Å². The molecule has 0 bridgehead atoms. The smallest absolute Gasteiger partial charge is 0.237 e. The minimum atomic E-state index is 0.0126. The van der Waals surface area contributed by atoms with E-state index in [-0.39, 0.29) is 11.9 Å². The van der Waals surface area contributed by atoms with Crippen LogP contribution in [0.5, 0.6) is 0 Å². The van der Waals surface area contributed by atoms with Crippen LogP contribution < -0.4 is 5.32 Å². The predicted octanol–water partition coefficient (Wildman–Crippen LogP) is 3.28. The number of carbonyl (C=O) groups is 1. The van der Waals surface area contributed by atoms with E-state index in [9.17, 15) is 4.79 Å². The molecule has 2 fully saturated rings. The van der Waals surface area contributed by atoms with Crippen LogP contribution in [0.2, 0.25) is 0 Å². The van der Waals surface area contributed by atoms with E-state index in [0.29, 0.717) is 6.04 Å². The lowest BCUT2D eigenvalue weighted by molar-refractivity contribution is -0.127. The van der Waals surface area contributed by atoms with E-state index in [1.165, 1.54) is 31.2 Å². The number of piperidine rings is 1. The number of carbonyl (C=O) groups excluding carboxylic acids is 1. The standard InChI is InChI=1S/C22H35N3O/c1-18(22(26)23-21-10-6-7-11-21)25-14-12-20(13-15-25)17-24(2)16-19-8-4-3-5-9-19/h3-5,8-9,18,20-21H,6-7,10-17H2,1-2H3,(H,23,26). The third kappa shape index (κ3) is 5.55. The van der Waals surface area contributed by atoms with Crippen molar-refractivity contribution < 1.29 is 4.79 Å². The first-order valence-electron chi connectivity index (χ1n) is 10.4. The highest BCUT2D eigenvalue weighted by Gasteiger charge is 2.28. The Labute approximate surface area is 158 Å². The lowest BCUT2D eigenvalue weighted by Gasteiger charge is -2.37. The van der Waals surface area contributed by atoms with Crippen LogP contribution in [0.3, 0.4) is 0 Å². The molecule has 1 N–H and O–H groups in total. The van der Waals surface area contributed by atoms with Crippen molar-refractivity contribution in [1.82, 2.24) is 15.1 Å². The van der Waals surface area contributed by atoms with Crippen molar-refractivity contribution in [1.29, 1.82) is 0 Å².